The van der Waals surface area contributed by atoms with Crippen LogP contribution in [0.3, 0.4) is 0 Å². The fourth-order valence-electron chi connectivity index (χ4n) is 2.85. The Hall–Kier alpha value is -3.51. The number of aromatic hydroxyl groups is 2. The molecule has 0 saturated carbocycles. The molecule has 0 unspecified atom stereocenters. The van der Waals surface area contributed by atoms with E-state index in [0.717, 1.165) is 16.8 Å². The van der Waals surface area contributed by atoms with Crippen molar-refractivity contribution in [2.75, 3.05) is 5.32 Å². The van der Waals surface area contributed by atoms with Gasteiger partial charge in [0.25, 0.3) is 0 Å². The molecule has 0 aromatic heterocycles. The number of anilines is 1. The monoisotopic (exact) mass is 364 g/mol. The van der Waals surface area contributed by atoms with E-state index in [4.69, 9.17) is 10.8 Å². The van der Waals surface area contributed by atoms with Gasteiger partial charge in [0.15, 0.2) is 0 Å². The van der Waals surface area contributed by atoms with Crippen LogP contribution in [-0.4, -0.2) is 21.3 Å². The molecule has 0 atom stereocenters. The lowest BCUT2D eigenvalue weighted by atomic mass is 10.0. The third-order valence-corrected chi connectivity index (χ3v) is 4.20. The molecule has 0 heterocycles. The van der Waals surface area contributed by atoms with Crippen LogP contribution in [-0.2, 0) is 13.1 Å². The van der Waals surface area contributed by atoms with E-state index in [9.17, 15) is 15.0 Å². The molecule has 0 spiro atoms. The highest BCUT2D eigenvalue weighted by Gasteiger charge is 2.11. The fourth-order valence-corrected chi connectivity index (χ4v) is 2.85. The molecule has 6 heteroatoms. The molecule has 3 rings (SSSR count). The Labute approximate surface area is 156 Å². The van der Waals surface area contributed by atoms with E-state index in [1.165, 1.54) is 12.1 Å². The molecule has 0 fully saturated rings. The van der Waals surface area contributed by atoms with Crippen LogP contribution in [0.1, 0.15) is 21.5 Å². The fraction of sp³-hybridized carbons (Fsp3) is 0.0952. The van der Waals surface area contributed by atoms with Gasteiger partial charge in [0.2, 0.25) is 0 Å². The summed E-state index contributed by atoms with van der Waals surface area (Å²) >= 11 is 0. The summed E-state index contributed by atoms with van der Waals surface area (Å²) in [5.41, 5.74) is 9.55. The molecular weight excluding hydrogens is 344 g/mol. The first-order chi connectivity index (χ1) is 13.0. The number of carboxylic acid groups (broad SMARTS) is 1. The van der Waals surface area contributed by atoms with E-state index in [0.29, 0.717) is 24.2 Å². The molecule has 0 saturated heterocycles. The molecule has 0 radical (unpaired) electrons. The zero-order valence-corrected chi connectivity index (χ0v) is 14.5. The van der Waals surface area contributed by atoms with Crippen molar-refractivity contribution in [3.8, 4) is 22.6 Å². The smallest absolute Gasteiger partial charge is 0.339 e. The normalized spacial score (nSPS) is 10.6. The zero-order chi connectivity index (χ0) is 19.4. The highest BCUT2D eigenvalue weighted by Crippen LogP contribution is 2.30. The number of hydrogen-bond donors (Lipinski definition) is 5. The number of phenolic OH excluding ortho intramolecular Hbond substituents is 1. The molecular formula is C21H20N2O4. The van der Waals surface area contributed by atoms with Crippen LogP contribution in [0, 0.1) is 0 Å². The number of carboxylic acids is 1. The van der Waals surface area contributed by atoms with Gasteiger partial charge in [-0.25, -0.2) is 4.79 Å². The lowest BCUT2D eigenvalue weighted by molar-refractivity contribution is 0.0694. The van der Waals surface area contributed by atoms with Gasteiger partial charge in [0.1, 0.15) is 17.1 Å². The van der Waals surface area contributed by atoms with Crippen molar-refractivity contribution in [3.05, 3.63) is 77.4 Å². The predicted molar refractivity (Wildman–Crippen MR) is 104 cm³/mol. The average Bonchev–Trinajstić information content (AvgIpc) is 2.65. The highest BCUT2D eigenvalue weighted by molar-refractivity contribution is 5.91. The first-order valence-corrected chi connectivity index (χ1v) is 8.39. The number of phenols is 2. The maximum absolute atomic E-state index is 11.0. The second-order valence-corrected chi connectivity index (χ2v) is 6.18. The minimum atomic E-state index is -1.19. The lowest BCUT2D eigenvalue weighted by Gasteiger charge is -2.11. The minimum absolute atomic E-state index is 0.0850. The van der Waals surface area contributed by atoms with Crippen molar-refractivity contribution in [3.63, 3.8) is 0 Å². The number of rotatable bonds is 6. The van der Waals surface area contributed by atoms with Gasteiger partial charge in [0, 0.05) is 18.8 Å². The highest BCUT2D eigenvalue weighted by atomic mass is 16.4. The van der Waals surface area contributed by atoms with Crippen LogP contribution in [0.2, 0.25) is 0 Å². The minimum Gasteiger partial charge on any atom is -0.508 e. The summed E-state index contributed by atoms with van der Waals surface area (Å²) in [6.45, 7) is 0.941. The van der Waals surface area contributed by atoms with Crippen molar-refractivity contribution in [2.45, 2.75) is 13.1 Å². The summed E-state index contributed by atoms with van der Waals surface area (Å²) in [6.07, 6.45) is 0. The predicted octanol–water partition coefficient (Wildman–Crippen LogP) is 3.53. The van der Waals surface area contributed by atoms with Crippen molar-refractivity contribution in [1.82, 2.24) is 0 Å². The molecule has 0 amide bonds. The Morgan fingerprint density at radius 3 is 2.44 bits per heavy atom. The summed E-state index contributed by atoms with van der Waals surface area (Å²) in [5, 5.41) is 32.2. The van der Waals surface area contributed by atoms with Gasteiger partial charge in [-0.3, -0.25) is 0 Å². The van der Waals surface area contributed by atoms with E-state index in [1.807, 2.05) is 30.3 Å². The molecule has 0 bridgehead atoms. The SMILES string of the molecule is NCc1cccc(NCc2cc(O)cc(-c3ccc(C(=O)O)c(O)c3)c2)c1. The first-order valence-electron chi connectivity index (χ1n) is 8.39. The molecule has 3 aromatic rings. The van der Waals surface area contributed by atoms with Gasteiger partial charge in [-0.15, -0.1) is 0 Å². The first kappa shape index (κ1) is 18.3. The van der Waals surface area contributed by atoms with Gasteiger partial charge in [-0.2, -0.15) is 0 Å². The largest absolute Gasteiger partial charge is 0.508 e. The summed E-state index contributed by atoms with van der Waals surface area (Å²) in [6, 6.07) is 17.2. The quantitative estimate of drug-likeness (QED) is 0.457. The van der Waals surface area contributed by atoms with Crippen LogP contribution in [0.4, 0.5) is 5.69 Å². The van der Waals surface area contributed by atoms with E-state index in [1.54, 1.807) is 18.2 Å². The number of carbonyl (C=O) groups is 1. The number of benzene rings is 3. The number of hydrogen-bond acceptors (Lipinski definition) is 5. The molecule has 0 aliphatic heterocycles. The van der Waals surface area contributed by atoms with E-state index >= 15 is 0 Å². The van der Waals surface area contributed by atoms with Crippen LogP contribution in [0.5, 0.6) is 11.5 Å². The Morgan fingerprint density at radius 1 is 0.926 bits per heavy atom. The Bertz CT molecular complexity index is 986. The molecule has 0 aliphatic rings. The van der Waals surface area contributed by atoms with E-state index < -0.39 is 5.97 Å². The molecule has 138 valence electrons. The van der Waals surface area contributed by atoms with Crippen LogP contribution < -0.4 is 11.1 Å². The van der Waals surface area contributed by atoms with Crippen molar-refractivity contribution in [2.24, 2.45) is 5.73 Å². The molecule has 6 N–H and O–H groups in total. The van der Waals surface area contributed by atoms with E-state index in [2.05, 4.69) is 5.32 Å². The summed E-state index contributed by atoms with van der Waals surface area (Å²) in [4.78, 5) is 11.0. The van der Waals surface area contributed by atoms with Gasteiger partial charge in [-0.05, 0) is 64.7 Å². The standard InChI is InChI=1S/C21H20N2O4/c22-11-13-2-1-3-17(7-13)23-12-14-6-16(9-18(24)8-14)15-4-5-19(21(26)27)20(25)10-15/h1-10,23-25H,11-12,22H2,(H,26,27). The lowest BCUT2D eigenvalue weighted by Crippen LogP contribution is -2.02. The Kier molecular flexibility index (Phi) is 5.28. The summed E-state index contributed by atoms with van der Waals surface area (Å²) in [7, 11) is 0. The maximum atomic E-state index is 11.0. The Balaban J connectivity index is 1.84. The molecule has 27 heavy (non-hydrogen) atoms. The average molecular weight is 364 g/mol. The molecule has 3 aromatic carbocycles. The van der Waals surface area contributed by atoms with E-state index in [-0.39, 0.29) is 17.1 Å². The van der Waals surface area contributed by atoms with Gasteiger partial charge in [-0.1, -0.05) is 18.2 Å². The van der Waals surface area contributed by atoms with Crippen molar-refractivity contribution in [1.29, 1.82) is 0 Å². The van der Waals surface area contributed by atoms with Crippen LogP contribution in [0.15, 0.2) is 60.7 Å². The topological polar surface area (TPSA) is 116 Å². The number of nitrogens with two attached hydrogens (primary N) is 1. The molecule has 6 nitrogen and oxygen atoms in total. The van der Waals surface area contributed by atoms with Crippen molar-refractivity contribution >= 4 is 11.7 Å². The second kappa shape index (κ2) is 7.80. The Morgan fingerprint density at radius 2 is 1.74 bits per heavy atom. The second-order valence-electron chi connectivity index (χ2n) is 6.18. The third kappa shape index (κ3) is 4.37. The van der Waals surface area contributed by atoms with Gasteiger partial charge in [0.05, 0.1) is 0 Å². The third-order valence-electron chi connectivity index (χ3n) is 4.20. The number of aromatic carboxylic acids is 1. The summed E-state index contributed by atoms with van der Waals surface area (Å²) < 4.78 is 0. The van der Waals surface area contributed by atoms with Crippen molar-refractivity contribution < 1.29 is 20.1 Å². The van der Waals surface area contributed by atoms with Crippen LogP contribution in [0.25, 0.3) is 11.1 Å². The number of nitrogens with one attached hydrogen (secondary N) is 1. The zero-order valence-electron chi connectivity index (χ0n) is 14.5. The maximum Gasteiger partial charge on any atom is 0.339 e. The van der Waals surface area contributed by atoms with Gasteiger partial charge < -0.3 is 26.4 Å². The molecule has 0 aliphatic carbocycles. The summed E-state index contributed by atoms with van der Waals surface area (Å²) in [5.74, 6) is -1.43. The van der Waals surface area contributed by atoms with Gasteiger partial charge >= 0.3 is 5.97 Å². The van der Waals surface area contributed by atoms with Crippen LogP contribution >= 0.6 is 0 Å².